The number of nitrogens with two attached hydrogens (primary N) is 1. The van der Waals surface area contributed by atoms with E-state index in [1.54, 1.807) is 0 Å². The van der Waals surface area contributed by atoms with E-state index < -0.39 is 0 Å². The number of aryl methyl sites for hydroxylation is 3. The normalized spacial score (nSPS) is 18.1. The highest BCUT2D eigenvalue weighted by Gasteiger charge is 2.35. The zero-order valence-electron chi connectivity index (χ0n) is 24.6. The van der Waals surface area contributed by atoms with Gasteiger partial charge in [-0.3, -0.25) is 0 Å². The summed E-state index contributed by atoms with van der Waals surface area (Å²) in [6.07, 6.45) is 9.38. The van der Waals surface area contributed by atoms with Crippen molar-refractivity contribution in [3.8, 4) is 22.6 Å². The molecule has 5 aliphatic rings. The summed E-state index contributed by atoms with van der Waals surface area (Å²) >= 11 is 0. The van der Waals surface area contributed by atoms with E-state index in [0.717, 1.165) is 54.0 Å². The molecule has 5 aliphatic heterocycles. The van der Waals surface area contributed by atoms with Gasteiger partial charge >= 0.3 is 0 Å². The van der Waals surface area contributed by atoms with Gasteiger partial charge in [0.2, 0.25) is 5.36 Å². The number of ether oxygens (including phenoxy) is 1. The first-order valence-electron chi connectivity index (χ1n) is 16.0. The summed E-state index contributed by atoms with van der Waals surface area (Å²) in [6, 6.07) is 20.5. The topological polar surface area (TPSA) is 41.5 Å². The van der Waals surface area contributed by atoms with Crippen LogP contribution in [0.5, 0.6) is 11.5 Å². The van der Waals surface area contributed by atoms with E-state index in [4.69, 9.17) is 10.5 Å². The van der Waals surface area contributed by atoms with E-state index in [1.807, 2.05) is 0 Å². The Kier molecular flexibility index (Phi) is 5.39. The zero-order chi connectivity index (χ0) is 27.9. The minimum absolute atomic E-state index is 0.836. The number of nitrogens with zero attached hydrogens (tertiary/aromatic N) is 2. The van der Waals surface area contributed by atoms with Crippen molar-refractivity contribution < 1.29 is 4.74 Å². The second-order valence-corrected chi connectivity index (χ2v) is 13.0. The van der Waals surface area contributed by atoms with Crippen LogP contribution in [0.25, 0.3) is 16.7 Å². The van der Waals surface area contributed by atoms with E-state index in [2.05, 4.69) is 71.0 Å². The Morgan fingerprint density at radius 2 is 1.45 bits per heavy atom. The molecular weight excluding hydrogens is 514 g/mol. The lowest BCUT2D eigenvalue weighted by molar-refractivity contribution is 0.431. The lowest BCUT2D eigenvalue weighted by atomic mass is 9.82. The van der Waals surface area contributed by atoms with Gasteiger partial charge in [-0.15, -0.1) is 0 Å². The highest BCUT2D eigenvalue weighted by atomic mass is 16.5. The van der Waals surface area contributed by atoms with Gasteiger partial charge in [-0.1, -0.05) is 36.4 Å². The third-order valence-corrected chi connectivity index (χ3v) is 10.4. The smallest absolute Gasteiger partial charge is 0.210 e. The first-order valence-corrected chi connectivity index (χ1v) is 16.0. The Balaban J connectivity index is 1.33. The first-order chi connectivity index (χ1) is 20.6. The molecule has 0 aromatic heterocycles. The van der Waals surface area contributed by atoms with E-state index in [9.17, 15) is 0 Å². The molecule has 0 fully saturated rings. The Morgan fingerprint density at radius 1 is 0.714 bits per heavy atom. The Bertz CT molecular complexity index is 1930. The molecule has 0 saturated carbocycles. The number of hydrogen-bond acceptors (Lipinski definition) is 3. The monoisotopic (exact) mass is 552 g/mol. The Morgan fingerprint density at radius 3 is 2.29 bits per heavy atom. The molecule has 9 rings (SSSR count). The summed E-state index contributed by atoms with van der Waals surface area (Å²) in [4.78, 5) is 2.63. The second-order valence-electron chi connectivity index (χ2n) is 13.0. The third-order valence-electron chi connectivity index (χ3n) is 10.4. The van der Waals surface area contributed by atoms with Crippen molar-refractivity contribution in [1.29, 1.82) is 0 Å². The molecule has 0 unspecified atom stereocenters. The minimum Gasteiger partial charge on any atom is -0.455 e. The molecule has 0 saturated heterocycles. The van der Waals surface area contributed by atoms with E-state index in [-0.39, 0.29) is 0 Å². The summed E-state index contributed by atoms with van der Waals surface area (Å²) in [7, 11) is 0. The van der Waals surface area contributed by atoms with Crippen molar-refractivity contribution in [1.82, 2.24) is 4.58 Å². The highest BCUT2D eigenvalue weighted by Crippen LogP contribution is 2.48. The quantitative estimate of drug-likeness (QED) is 0.226. The highest BCUT2D eigenvalue weighted by molar-refractivity contribution is 5.90. The van der Waals surface area contributed by atoms with Gasteiger partial charge in [0.1, 0.15) is 24.6 Å². The third kappa shape index (κ3) is 3.57. The molecule has 0 aliphatic carbocycles. The number of nitrogen functional groups attached to an aromatic ring is 1. The number of benzene rings is 4. The molecule has 42 heavy (non-hydrogen) atoms. The molecule has 210 valence electrons. The second kappa shape index (κ2) is 9.22. The maximum Gasteiger partial charge on any atom is 0.210 e. The molecule has 0 atom stereocenters. The molecular formula is C38H38N3O+. The van der Waals surface area contributed by atoms with E-state index in [1.165, 1.54) is 113 Å². The van der Waals surface area contributed by atoms with Crippen molar-refractivity contribution >= 4 is 16.9 Å². The van der Waals surface area contributed by atoms with Crippen molar-refractivity contribution in [2.45, 2.75) is 58.3 Å². The number of hydrogen-bond donors (Lipinski definition) is 1. The summed E-state index contributed by atoms with van der Waals surface area (Å²) in [5.41, 5.74) is 22.0. The van der Waals surface area contributed by atoms with Gasteiger partial charge in [-0.05, 0) is 85.9 Å². The molecule has 4 nitrogen and oxygen atoms in total. The summed E-state index contributed by atoms with van der Waals surface area (Å²) in [5.74, 6) is 2.25. The average Bonchev–Trinajstić information content (AvgIpc) is 3.01. The zero-order valence-corrected chi connectivity index (χ0v) is 24.6. The first kappa shape index (κ1) is 24.5. The van der Waals surface area contributed by atoms with Gasteiger partial charge in [-0.2, -0.15) is 0 Å². The predicted molar refractivity (Wildman–Crippen MR) is 171 cm³/mol. The molecule has 4 aromatic carbocycles. The molecule has 5 heterocycles. The van der Waals surface area contributed by atoms with Crippen LogP contribution in [-0.2, 0) is 25.7 Å². The van der Waals surface area contributed by atoms with Gasteiger partial charge in [0.15, 0.2) is 0 Å². The average molecular weight is 553 g/mol. The van der Waals surface area contributed by atoms with Crippen molar-refractivity contribution in [2.24, 2.45) is 0 Å². The molecule has 0 amide bonds. The minimum atomic E-state index is 0.836. The molecule has 4 aromatic rings. The lowest BCUT2D eigenvalue weighted by Gasteiger charge is -2.39. The van der Waals surface area contributed by atoms with Crippen molar-refractivity contribution in [3.05, 3.63) is 104 Å². The summed E-state index contributed by atoms with van der Waals surface area (Å²) in [5, 5.41) is 2.77. The van der Waals surface area contributed by atoms with Crippen molar-refractivity contribution in [3.63, 3.8) is 0 Å². The number of rotatable bonds is 2. The molecule has 2 N–H and O–H groups in total. The maximum absolute atomic E-state index is 7.20. The Hall–Kier alpha value is -4.05. The number of anilines is 2. The largest absolute Gasteiger partial charge is 0.455 e. The van der Waals surface area contributed by atoms with Crippen molar-refractivity contribution in [2.75, 3.05) is 36.8 Å². The van der Waals surface area contributed by atoms with Crippen LogP contribution in [0, 0.1) is 6.92 Å². The fraction of sp³-hybridized carbons (Fsp3) is 0.342. The number of fused-ring (bicyclic) bond motifs is 4. The van der Waals surface area contributed by atoms with Gasteiger partial charge in [0, 0.05) is 70.4 Å². The Labute approximate surface area is 247 Å². The van der Waals surface area contributed by atoms with Crippen LogP contribution < -0.4 is 30.5 Å². The molecule has 0 spiro atoms. The van der Waals surface area contributed by atoms with Crippen LogP contribution in [-0.4, -0.2) is 26.2 Å². The van der Waals surface area contributed by atoms with Gasteiger partial charge in [0.25, 0.3) is 0 Å². The predicted octanol–water partition coefficient (Wildman–Crippen LogP) is 5.68. The van der Waals surface area contributed by atoms with Crippen LogP contribution in [0.2, 0.25) is 0 Å². The summed E-state index contributed by atoms with van der Waals surface area (Å²) < 4.78 is 9.83. The summed E-state index contributed by atoms with van der Waals surface area (Å²) in [6.45, 7) is 6.77. The van der Waals surface area contributed by atoms with Crippen LogP contribution >= 0.6 is 0 Å². The lowest BCUT2D eigenvalue weighted by Crippen LogP contribution is -2.45. The molecule has 4 heteroatoms. The molecule has 0 radical (unpaired) electrons. The van der Waals surface area contributed by atoms with Crippen LogP contribution in [0.15, 0.2) is 54.6 Å². The van der Waals surface area contributed by atoms with E-state index in [0.29, 0.717) is 0 Å². The maximum atomic E-state index is 7.20. The fourth-order valence-corrected chi connectivity index (χ4v) is 8.59. The molecule has 0 bridgehead atoms. The van der Waals surface area contributed by atoms with Gasteiger partial charge < -0.3 is 15.4 Å². The van der Waals surface area contributed by atoms with Crippen LogP contribution in [0.3, 0.4) is 0 Å². The van der Waals surface area contributed by atoms with Crippen LogP contribution in [0.1, 0.15) is 64.6 Å². The standard InChI is InChI=1S/C38H37N3O/c1-23-10-15-28(33(39)20-23)24-11-13-25(14-12-24)34-31-21-26-6-2-16-40-18-4-8-29(35(26)40)37(31)42-38-30-9-5-19-41-17-3-7-27(36(30)41)22-32(34)38/h10-15,20-22,39H,2-9,16-19H2,1H3/p+1. The van der Waals surface area contributed by atoms with Crippen LogP contribution in [0.4, 0.5) is 11.4 Å². The fourth-order valence-electron chi connectivity index (χ4n) is 8.59. The van der Waals surface area contributed by atoms with Gasteiger partial charge in [-0.25, -0.2) is 4.58 Å². The van der Waals surface area contributed by atoms with E-state index >= 15 is 0 Å². The van der Waals surface area contributed by atoms with Gasteiger partial charge in [0.05, 0.1) is 5.56 Å². The SMILES string of the molecule is Cc1ccc(-c2ccc(C3=c4cc5c6c(c4Oc4c3cc3c7c4CCCN7CCC3)CCC[N+]=6CCC5)cc2)c(N)c1.